The molecule has 1 aromatic rings. The first-order chi connectivity index (χ1) is 7.42. The van der Waals surface area contributed by atoms with Crippen LogP contribution in [0.3, 0.4) is 0 Å². The van der Waals surface area contributed by atoms with Crippen LogP contribution in [0.15, 0.2) is 18.2 Å². The van der Waals surface area contributed by atoms with Crippen molar-refractivity contribution >= 4 is 17.3 Å². The molecule has 1 rings (SSSR count). The van der Waals surface area contributed by atoms with Gasteiger partial charge in [0, 0.05) is 11.6 Å². The topological polar surface area (TPSA) is 21.3 Å². The highest BCUT2D eigenvalue weighted by Crippen LogP contribution is 2.28. The molecule has 0 aromatic heterocycles. The van der Waals surface area contributed by atoms with E-state index in [1.54, 1.807) is 12.1 Å². The smallest absolute Gasteiger partial charge is 0.390 e. The van der Waals surface area contributed by atoms with Gasteiger partial charge in [-0.1, -0.05) is 11.6 Å². The molecule has 0 aliphatic rings. The molecule has 90 valence electrons. The molecule has 0 spiro atoms. The predicted molar refractivity (Wildman–Crippen MR) is 57.2 cm³/mol. The number of rotatable bonds is 4. The Morgan fingerprint density at radius 1 is 1.38 bits per heavy atom. The number of ether oxygens (including phenoxy) is 1. The van der Waals surface area contributed by atoms with Gasteiger partial charge in [-0.25, -0.2) is 0 Å². The van der Waals surface area contributed by atoms with E-state index in [1.165, 1.54) is 13.2 Å². The van der Waals surface area contributed by atoms with Crippen LogP contribution in [0.25, 0.3) is 0 Å². The van der Waals surface area contributed by atoms with E-state index in [0.717, 1.165) is 0 Å². The maximum absolute atomic E-state index is 11.9. The number of alkyl halides is 3. The number of methoxy groups -OCH3 is 1. The second-order valence-electron chi connectivity index (χ2n) is 3.14. The summed E-state index contributed by atoms with van der Waals surface area (Å²) in [6, 6.07) is 4.73. The Hall–Kier alpha value is -1.10. The average Bonchev–Trinajstić information content (AvgIpc) is 2.16. The fourth-order valence-corrected chi connectivity index (χ4v) is 1.33. The van der Waals surface area contributed by atoms with Gasteiger partial charge in [0.25, 0.3) is 0 Å². The quantitative estimate of drug-likeness (QED) is 0.883. The maximum Gasteiger partial charge on any atom is 0.390 e. The molecule has 0 atom stereocenters. The van der Waals surface area contributed by atoms with Crippen LogP contribution in [0.5, 0.6) is 5.75 Å². The fraction of sp³-hybridized carbons (Fsp3) is 0.400. The molecule has 0 aliphatic carbocycles. The zero-order valence-corrected chi connectivity index (χ0v) is 9.32. The minimum atomic E-state index is -4.17. The van der Waals surface area contributed by atoms with Crippen molar-refractivity contribution < 1.29 is 17.9 Å². The van der Waals surface area contributed by atoms with Crippen molar-refractivity contribution in [1.82, 2.24) is 0 Å². The summed E-state index contributed by atoms with van der Waals surface area (Å²) in [5.41, 5.74) is 0.458. The summed E-state index contributed by atoms with van der Waals surface area (Å²) in [6.45, 7) is -0.208. The Morgan fingerprint density at radius 3 is 2.62 bits per heavy atom. The second-order valence-corrected chi connectivity index (χ2v) is 3.57. The van der Waals surface area contributed by atoms with Crippen molar-refractivity contribution in [1.29, 1.82) is 0 Å². The summed E-state index contributed by atoms with van der Waals surface area (Å²) in [7, 11) is 1.44. The van der Waals surface area contributed by atoms with Gasteiger partial charge < -0.3 is 10.1 Å². The third-order valence-electron chi connectivity index (χ3n) is 1.89. The minimum Gasteiger partial charge on any atom is -0.495 e. The minimum absolute atomic E-state index is 0.208. The summed E-state index contributed by atoms with van der Waals surface area (Å²) in [5.74, 6) is 0.464. The largest absolute Gasteiger partial charge is 0.495 e. The van der Waals surface area contributed by atoms with Gasteiger partial charge in [-0.05, 0) is 18.2 Å². The molecule has 0 amide bonds. The van der Waals surface area contributed by atoms with Crippen molar-refractivity contribution in [2.24, 2.45) is 0 Å². The van der Waals surface area contributed by atoms with E-state index in [2.05, 4.69) is 5.32 Å². The fourth-order valence-electron chi connectivity index (χ4n) is 1.16. The zero-order chi connectivity index (χ0) is 12.2. The predicted octanol–water partition coefficient (Wildman–Crippen LogP) is 3.71. The highest BCUT2D eigenvalue weighted by molar-refractivity contribution is 6.30. The van der Waals surface area contributed by atoms with Crippen LogP contribution < -0.4 is 10.1 Å². The summed E-state index contributed by atoms with van der Waals surface area (Å²) in [6.07, 6.45) is -5.07. The molecule has 0 bridgehead atoms. The van der Waals surface area contributed by atoms with Gasteiger partial charge >= 0.3 is 6.18 Å². The van der Waals surface area contributed by atoms with Gasteiger partial charge in [-0.15, -0.1) is 0 Å². The lowest BCUT2D eigenvalue weighted by Gasteiger charge is -2.12. The lowest BCUT2D eigenvalue weighted by atomic mass is 10.3. The van der Waals surface area contributed by atoms with Gasteiger partial charge in [0.15, 0.2) is 0 Å². The van der Waals surface area contributed by atoms with Crippen LogP contribution in [0.4, 0.5) is 18.9 Å². The Bertz CT molecular complexity index is 354. The molecule has 1 aromatic carbocycles. The monoisotopic (exact) mass is 253 g/mol. The van der Waals surface area contributed by atoms with Crippen LogP contribution in [-0.4, -0.2) is 19.8 Å². The van der Waals surface area contributed by atoms with Crippen molar-refractivity contribution in [3.05, 3.63) is 23.2 Å². The van der Waals surface area contributed by atoms with Crippen molar-refractivity contribution in [3.8, 4) is 5.75 Å². The number of benzene rings is 1. The normalized spacial score (nSPS) is 11.3. The SMILES string of the molecule is COc1ccc(Cl)cc1NCCC(F)(F)F. The lowest BCUT2D eigenvalue weighted by Crippen LogP contribution is -2.14. The number of nitrogens with one attached hydrogen (secondary N) is 1. The molecule has 1 N–H and O–H groups in total. The summed E-state index contributed by atoms with van der Waals surface area (Å²) < 4.78 is 40.7. The van der Waals surface area contributed by atoms with E-state index < -0.39 is 12.6 Å². The molecule has 2 nitrogen and oxygen atoms in total. The molecule has 0 saturated carbocycles. The van der Waals surface area contributed by atoms with Gasteiger partial charge in [0.2, 0.25) is 0 Å². The number of hydrogen-bond acceptors (Lipinski definition) is 2. The molecule has 0 aliphatic heterocycles. The van der Waals surface area contributed by atoms with E-state index in [-0.39, 0.29) is 6.54 Å². The maximum atomic E-state index is 11.9. The van der Waals surface area contributed by atoms with Crippen molar-refractivity contribution in [2.45, 2.75) is 12.6 Å². The van der Waals surface area contributed by atoms with Gasteiger partial charge in [0.1, 0.15) is 5.75 Å². The van der Waals surface area contributed by atoms with Gasteiger partial charge in [0.05, 0.1) is 19.2 Å². The summed E-state index contributed by atoms with van der Waals surface area (Å²) >= 11 is 5.72. The molecule has 0 fully saturated rings. The Labute approximate surface area is 96.4 Å². The van der Waals surface area contributed by atoms with E-state index in [4.69, 9.17) is 16.3 Å². The first-order valence-corrected chi connectivity index (χ1v) is 4.94. The van der Waals surface area contributed by atoms with E-state index in [0.29, 0.717) is 16.5 Å². The molecule has 0 unspecified atom stereocenters. The second kappa shape index (κ2) is 5.30. The molecule has 0 saturated heterocycles. The highest BCUT2D eigenvalue weighted by atomic mass is 35.5. The number of halogens is 4. The van der Waals surface area contributed by atoms with Crippen LogP contribution in [-0.2, 0) is 0 Å². The van der Waals surface area contributed by atoms with Crippen molar-refractivity contribution in [3.63, 3.8) is 0 Å². The Morgan fingerprint density at radius 2 is 2.06 bits per heavy atom. The average molecular weight is 254 g/mol. The first kappa shape index (κ1) is 13.0. The molecule has 16 heavy (non-hydrogen) atoms. The third kappa shape index (κ3) is 4.18. The lowest BCUT2D eigenvalue weighted by molar-refractivity contribution is -0.131. The summed E-state index contributed by atoms with van der Waals surface area (Å²) in [5, 5.41) is 3.07. The number of anilines is 1. The number of hydrogen-bond donors (Lipinski definition) is 1. The molecule has 0 heterocycles. The molecular weight excluding hydrogens is 243 g/mol. The first-order valence-electron chi connectivity index (χ1n) is 4.56. The van der Waals surface area contributed by atoms with Crippen LogP contribution in [0, 0.1) is 0 Å². The van der Waals surface area contributed by atoms with E-state index in [1.807, 2.05) is 0 Å². The Kier molecular flexibility index (Phi) is 4.29. The Balaban J connectivity index is 2.62. The summed E-state index contributed by atoms with van der Waals surface area (Å²) in [4.78, 5) is 0. The molecule has 0 radical (unpaired) electrons. The zero-order valence-electron chi connectivity index (χ0n) is 8.57. The van der Waals surface area contributed by atoms with Crippen LogP contribution in [0.1, 0.15) is 6.42 Å². The van der Waals surface area contributed by atoms with Gasteiger partial charge in [-0.3, -0.25) is 0 Å². The molecule has 6 heteroatoms. The van der Waals surface area contributed by atoms with E-state index in [9.17, 15) is 13.2 Å². The molecular formula is C10H11ClF3NO. The van der Waals surface area contributed by atoms with Crippen LogP contribution >= 0.6 is 11.6 Å². The highest BCUT2D eigenvalue weighted by Gasteiger charge is 2.26. The van der Waals surface area contributed by atoms with E-state index >= 15 is 0 Å². The van der Waals surface area contributed by atoms with Crippen LogP contribution in [0.2, 0.25) is 5.02 Å². The van der Waals surface area contributed by atoms with Gasteiger partial charge in [-0.2, -0.15) is 13.2 Å². The standard InChI is InChI=1S/C10H11ClF3NO/c1-16-9-3-2-7(11)6-8(9)15-5-4-10(12,13)14/h2-3,6,15H,4-5H2,1H3. The van der Waals surface area contributed by atoms with Crippen molar-refractivity contribution in [2.75, 3.05) is 19.0 Å². The third-order valence-corrected chi connectivity index (χ3v) is 2.12.